The minimum Gasteiger partial charge on any atom is -0.385 e. The van der Waals surface area contributed by atoms with E-state index in [1.807, 2.05) is 0 Å². The molecule has 2 amide bonds. The van der Waals surface area contributed by atoms with Gasteiger partial charge in [-0.15, -0.1) is 5.06 Å². The number of imide groups is 1. The molecular weight excluding hydrogens is 214 g/mol. The molecule has 1 rings (SSSR count). The number of carbonyl (C=O) groups is 3. The first-order chi connectivity index (χ1) is 7.65. The van der Waals surface area contributed by atoms with Gasteiger partial charge < -0.3 is 9.57 Å². The molecular formula is C10H15NO5. The van der Waals surface area contributed by atoms with Crippen molar-refractivity contribution in [3.05, 3.63) is 0 Å². The van der Waals surface area contributed by atoms with Gasteiger partial charge in [0.25, 0.3) is 11.8 Å². The summed E-state index contributed by atoms with van der Waals surface area (Å²) in [6.07, 6.45) is 1.78. The third kappa shape index (κ3) is 3.62. The van der Waals surface area contributed by atoms with E-state index in [1.54, 1.807) is 7.11 Å². The van der Waals surface area contributed by atoms with Crippen LogP contribution in [-0.4, -0.2) is 36.6 Å². The van der Waals surface area contributed by atoms with Crippen LogP contribution in [0.15, 0.2) is 0 Å². The summed E-state index contributed by atoms with van der Waals surface area (Å²) in [5.41, 5.74) is 0. The molecule has 1 aliphatic rings. The summed E-state index contributed by atoms with van der Waals surface area (Å²) < 4.78 is 4.82. The Labute approximate surface area is 93.4 Å². The molecule has 0 aromatic rings. The van der Waals surface area contributed by atoms with Crippen LogP contribution in [0, 0.1) is 0 Å². The van der Waals surface area contributed by atoms with Gasteiger partial charge in [-0.25, -0.2) is 4.79 Å². The van der Waals surface area contributed by atoms with Crippen LogP contribution in [0.1, 0.15) is 32.1 Å². The SMILES string of the molecule is COCCCCC(=O)ON1C(=O)CCC1=O. The van der Waals surface area contributed by atoms with E-state index >= 15 is 0 Å². The predicted molar refractivity (Wildman–Crippen MR) is 52.9 cm³/mol. The Kier molecular flexibility index (Phi) is 4.91. The molecule has 6 nitrogen and oxygen atoms in total. The zero-order valence-corrected chi connectivity index (χ0v) is 9.23. The highest BCUT2D eigenvalue weighted by molar-refractivity contribution is 6.01. The number of hydroxylamine groups is 2. The number of rotatable bonds is 6. The Balaban J connectivity index is 2.23. The van der Waals surface area contributed by atoms with Crippen molar-refractivity contribution >= 4 is 17.8 Å². The van der Waals surface area contributed by atoms with Crippen molar-refractivity contribution in [2.24, 2.45) is 0 Å². The van der Waals surface area contributed by atoms with E-state index in [4.69, 9.17) is 4.74 Å². The molecule has 1 saturated heterocycles. The van der Waals surface area contributed by atoms with Crippen LogP contribution in [0.25, 0.3) is 0 Å². The summed E-state index contributed by atoms with van der Waals surface area (Å²) in [7, 11) is 1.58. The second kappa shape index (κ2) is 6.22. The van der Waals surface area contributed by atoms with Crippen molar-refractivity contribution < 1.29 is 24.0 Å². The molecule has 0 aromatic heterocycles. The fourth-order valence-corrected chi connectivity index (χ4v) is 1.32. The molecule has 1 aliphatic heterocycles. The van der Waals surface area contributed by atoms with Crippen LogP contribution in [0.5, 0.6) is 0 Å². The monoisotopic (exact) mass is 229 g/mol. The fraction of sp³-hybridized carbons (Fsp3) is 0.700. The van der Waals surface area contributed by atoms with Crippen LogP contribution in [0.4, 0.5) is 0 Å². The molecule has 16 heavy (non-hydrogen) atoms. The lowest BCUT2D eigenvalue weighted by atomic mass is 10.2. The molecule has 0 N–H and O–H groups in total. The van der Waals surface area contributed by atoms with Gasteiger partial charge in [0.2, 0.25) is 0 Å². The number of nitrogens with zero attached hydrogens (tertiary/aromatic N) is 1. The minimum absolute atomic E-state index is 0.121. The lowest BCUT2D eigenvalue weighted by molar-refractivity contribution is -0.197. The summed E-state index contributed by atoms with van der Waals surface area (Å²) >= 11 is 0. The number of ether oxygens (including phenoxy) is 1. The van der Waals surface area contributed by atoms with E-state index in [1.165, 1.54) is 0 Å². The summed E-state index contributed by atoms with van der Waals surface area (Å²) in [4.78, 5) is 38.1. The number of unbranched alkanes of at least 4 members (excludes halogenated alkanes) is 1. The Hall–Kier alpha value is -1.43. The molecule has 6 heteroatoms. The van der Waals surface area contributed by atoms with Crippen LogP contribution < -0.4 is 0 Å². The second-order valence-corrected chi connectivity index (χ2v) is 3.50. The summed E-state index contributed by atoms with van der Waals surface area (Å²) in [5.74, 6) is -1.45. The molecule has 0 saturated carbocycles. The van der Waals surface area contributed by atoms with Crippen molar-refractivity contribution in [1.29, 1.82) is 0 Å². The van der Waals surface area contributed by atoms with Crippen LogP contribution in [-0.2, 0) is 24.0 Å². The molecule has 1 heterocycles. The highest BCUT2D eigenvalue weighted by atomic mass is 16.7. The topological polar surface area (TPSA) is 72.9 Å². The van der Waals surface area contributed by atoms with Crippen LogP contribution in [0.3, 0.4) is 0 Å². The second-order valence-electron chi connectivity index (χ2n) is 3.50. The van der Waals surface area contributed by atoms with Crippen molar-refractivity contribution in [3.63, 3.8) is 0 Å². The molecule has 0 bridgehead atoms. The number of methoxy groups -OCH3 is 1. The lowest BCUT2D eigenvalue weighted by Crippen LogP contribution is -2.31. The van der Waals surface area contributed by atoms with E-state index in [-0.39, 0.29) is 19.3 Å². The summed E-state index contributed by atoms with van der Waals surface area (Å²) in [5, 5.41) is 0.568. The molecule has 0 aromatic carbocycles. The zero-order valence-electron chi connectivity index (χ0n) is 9.23. The molecule has 1 fully saturated rings. The Bertz CT molecular complexity index is 273. The molecule has 90 valence electrons. The maximum absolute atomic E-state index is 11.2. The van der Waals surface area contributed by atoms with Gasteiger partial charge in [-0.05, 0) is 12.8 Å². The smallest absolute Gasteiger partial charge is 0.333 e. The van der Waals surface area contributed by atoms with Crippen molar-refractivity contribution in [3.8, 4) is 0 Å². The van der Waals surface area contributed by atoms with E-state index in [9.17, 15) is 14.4 Å². The minimum atomic E-state index is -0.556. The maximum Gasteiger partial charge on any atom is 0.333 e. The average Bonchev–Trinajstić information content (AvgIpc) is 2.56. The first kappa shape index (κ1) is 12.6. The number of hydrogen-bond donors (Lipinski definition) is 0. The Morgan fingerprint density at radius 1 is 1.25 bits per heavy atom. The molecule has 0 spiro atoms. The molecule has 0 unspecified atom stereocenters. The van der Waals surface area contributed by atoms with Crippen LogP contribution in [0.2, 0.25) is 0 Å². The van der Waals surface area contributed by atoms with Gasteiger partial charge in [-0.2, -0.15) is 0 Å². The third-order valence-corrected chi connectivity index (χ3v) is 2.18. The van der Waals surface area contributed by atoms with Crippen LogP contribution >= 0.6 is 0 Å². The van der Waals surface area contributed by atoms with Gasteiger partial charge >= 0.3 is 5.97 Å². The maximum atomic E-state index is 11.2. The Morgan fingerprint density at radius 2 is 1.88 bits per heavy atom. The highest BCUT2D eigenvalue weighted by Crippen LogP contribution is 2.13. The highest BCUT2D eigenvalue weighted by Gasteiger charge is 2.32. The average molecular weight is 229 g/mol. The summed E-state index contributed by atoms with van der Waals surface area (Å²) in [6.45, 7) is 0.578. The van der Waals surface area contributed by atoms with Gasteiger partial charge in [-0.1, -0.05) is 0 Å². The predicted octanol–water partition coefficient (Wildman–Crippen LogP) is 0.410. The number of amides is 2. The first-order valence-electron chi connectivity index (χ1n) is 5.20. The van der Waals surface area contributed by atoms with Gasteiger partial charge in [0.15, 0.2) is 0 Å². The van der Waals surface area contributed by atoms with E-state index in [2.05, 4.69) is 4.84 Å². The normalized spacial score (nSPS) is 15.7. The van der Waals surface area contributed by atoms with Gasteiger partial charge in [0, 0.05) is 33.0 Å². The molecule has 0 aliphatic carbocycles. The van der Waals surface area contributed by atoms with Gasteiger partial charge in [-0.3, -0.25) is 9.59 Å². The summed E-state index contributed by atoms with van der Waals surface area (Å²) in [6, 6.07) is 0. The van der Waals surface area contributed by atoms with E-state index in [0.717, 1.165) is 6.42 Å². The largest absolute Gasteiger partial charge is 0.385 e. The fourth-order valence-electron chi connectivity index (χ4n) is 1.32. The first-order valence-corrected chi connectivity index (χ1v) is 5.20. The number of carbonyl (C=O) groups excluding carboxylic acids is 3. The van der Waals surface area contributed by atoms with E-state index < -0.39 is 17.8 Å². The Morgan fingerprint density at radius 3 is 2.44 bits per heavy atom. The third-order valence-electron chi connectivity index (χ3n) is 2.18. The van der Waals surface area contributed by atoms with Gasteiger partial charge in [0.1, 0.15) is 0 Å². The van der Waals surface area contributed by atoms with Crippen molar-refractivity contribution in [2.45, 2.75) is 32.1 Å². The van der Waals surface area contributed by atoms with E-state index in [0.29, 0.717) is 18.1 Å². The van der Waals surface area contributed by atoms with Crippen molar-refractivity contribution in [2.75, 3.05) is 13.7 Å². The number of hydrogen-bond acceptors (Lipinski definition) is 5. The quantitative estimate of drug-likeness (QED) is 0.487. The standard InChI is InChI=1S/C10H15NO5/c1-15-7-3-2-4-10(14)16-11-8(12)5-6-9(11)13/h2-7H2,1H3. The molecule has 0 atom stereocenters. The lowest BCUT2D eigenvalue weighted by Gasteiger charge is -2.12. The van der Waals surface area contributed by atoms with Gasteiger partial charge in [0.05, 0.1) is 0 Å². The molecule has 0 radical (unpaired) electrons. The zero-order chi connectivity index (χ0) is 12.0. The van der Waals surface area contributed by atoms with Crippen molar-refractivity contribution in [1.82, 2.24) is 5.06 Å².